The Hall–Kier alpha value is -3.88. The number of pyridine rings is 1. The lowest BCUT2D eigenvalue weighted by molar-refractivity contribution is 0.430. The Labute approximate surface area is 154 Å². The van der Waals surface area contributed by atoms with Crippen LogP contribution in [0, 0.1) is 6.92 Å². The number of benzene rings is 1. The number of aryl methyl sites for hydroxylation is 1. The molecule has 134 valence electrons. The zero-order chi connectivity index (χ0) is 18.8. The van der Waals surface area contributed by atoms with Gasteiger partial charge in [-0.1, -0.05) is 29.4 Å². The summed E-state index contributed by atoms with van der Waals surface area (Å²) in [5.74, 6) is 1.17. The van der Waals surface area contributed by atoms with Gasteiger partial charge >= 0.3 is 0 Å². The standard InChI is InChI=1S/C18H16N8O/c1-11-7-6-10-13(20-11)16-21-15(25-27-16)14-22-17(19)24-18(23-14)26(2)12-8-4-3-5-9-12/h3-10H,1-2H3,(H2,19,22,23,24). The largest absolute Gasteiger partial charge is 0.368 e. The molecule has 0 saturated carbocycles. The monoisotopic (exact) mass is 360 g/mol. The predicted octanol–water partition coefficient (Wildman–Crippen LogP) is 2.64. The van der Waals surface area contributed by atoms with Crippen molar-refractivity contribution in [3.8, 4) is 23.2 Å². The van der Waals surface area contributed by atoms with Crippen LogP contribution >= 0.6 is 0 Å². The number of hydrogen-bond acceptors (Lipinski definition) is 9. The van der Waals surface area contributed by atoms with Crippen LogP contribution in [0.4, 0.5) is 17.6 Å². The summed E-state index contributed by atoms with van der Waals surface area (Å²) in [6.45, 7) is 1.89. The van der Waals surface area contributed by atoms with E-state index in [9.17, 15) is 0 Å². The van der Waals surface area contributed by atoms with Crippen LogP contribution in [0.1, 0.15) is 5.69 Å². The molecule has 0 spiro atoms. The second kappa shape index (κ2) is 6.79. The second-order valence-corrected chi connectivity index (χ2v) is 5.80. The Balaban J connectivity index is 1.70. The molecule has 0 unspecified atom stereocenters. The molecule has 0 saturated heterocycles. The first-order chi connectivity index (χ1) is 13.1. The molecule has 2 N–H and O–H groups in total. The molecule has 0 atom stereocenters. The molecule has 0 radical (unpaired) electrons. The van der Waals surface area contributed by atoms with Crippen LogP contribution in [0.15, 0.2) is 53.1 Å². The van der Waals surface area contributed by atoms with E-state index in [-0.39, 0.29) is 23.5 Å². The maximum atomic E-state index is 5.86. The van der Waals surface area contributed by atoms with E-state index in [1.165, 1.54) is 0 Å². The Morgan fingerprint density at radius 2 is 1.67 bits per heavy atom. The number of aromatic nitrogens is 6. The molecular weight excluding hydrogens is 344 g/mol. The third-order valence-electron chi connectivity index (χ3n) is 3.82. The van der Waals surface area contributed by atoms with Crippen LogP contribution in [0.3, 0.4) is 0 Å². The highest BCUT2D eigenvalue weighted by Crippen LogP contribution is 2.23. The molecule has 0 aliphatic heterocycles. The predicted molar refractivity (Wildman–Crippen MR) is 100 cm³/mol. The van der Waals surface area contributed by atoms with Gasteiger partial charge in [-0.2, -0.15) is 19.9 Å². The normalized spacial score (nSPS) is 10.7. The fourth-order valence-electron chi connectivity index (χ4n) is 2.48. The van der Waals surface area contributed by atoms with Crippen LogP contribution < -0.4 is 10.6 Å². The summed E-state index contributed by atoms with van der Waals surface area (Å²) in [4.78, 5) is 23.3. The fraction of sp³-hybridized carbons (Fsp3) is 0.111. The van der Waals surface area contributed by atoms with E-state index < -0.39 is 0 Å². The van der Waals surface area contributed by atoms with Gasteiger partial charge in [0.15, 0.2) is 0 Å². The van der Waals surface area contributed by atoms with Gasteiger partial charge in [-0.15, -0.1) is 0 Å². The Kier molecular flexibility index (Phi) is 4.17. The summed E-state index contributed by atoms with van der Waals surface area (Å²) in [7, 11) is 1.84. The number of nitrogen functional groups attached to an aromatic ring is 1. The SMILES string of the molecule is Cc1cccc(-c2nc(-c3nc(N)nc(N(C)c4ccccc4)n3)no2)n1. The third-order valence-corrected chi connectivity index (χ3v) is 3.82. The molecule has 1 aromatic carbocycles. The van der Waals surface area contributed by atoms with Gasteiger partial charge in [0, 0.05) is 18.4 Å². The minimum Gasteiger partial charge on any atom is -0.368 e. The van der Waals surface area contributed by atoms with E-state index in [0.29, 0.717) is 11.6 Å². The highest BCUT2D eigenvalue weighted by molar-refractivity contribution is 5.59. The molecule has 0 fully saturated rings. The van der Waals surface area contributed by atoms with E-state index in [1.807, 2.05) is 56.4 Å². The number of rotatable bonds is 4. The second-order valence-electron chi connectivity index (χ2n) is 5.80. The van der Waals surface area contributed by atoms with E-state index >= 15 is 0 Å². The fourth-order valence-corrected chi connectivity index (χ4v) is 2.48. The molecule has 4 aromatic rings. The summed E-state index contributed by atoms with van der Waals surface area (Å²) in [6.07, 6.45) is 0. The van der Waals surface area contributed by atoms with Gasteiger partial charge in [-0.05, 0) is 31.2 Å². The lowest BCUT2D eigenvalue weighted by Crippen LogP contribution is -2.15. The zero-order valence-corrected chi connectivity index (χ0v) is 14.7. The van der Waals surface area contributed by atoms with Crippen molar-refractivity contribution >= 4 is 17.6 Å². The quantitative estimate of drug-likeness (QED) is 0.585. The minimum atomic E-state index is 0.0674. The van der Waals surface area contributed by atoms with Gasteiger partial charge in [-0.25, -0.2) is 4.98 Å². The number of anilines is 3. The highest BCUT2D eigenvalue weighted by atomic mass is 16.5. The molecule has 3 aromatic heterocycles. The molecule has 9 nitrogen and oxygen atoms in total. The summed E-state index contributed by atoms with van der Waals surface area (Å²) in [6, 6.07) is 15.2. The number of nitrogens with two attached hydrogens (primary N) is 1. The first-order valence-electron chi connectivity index (χ1n) is 8.18. The first-order valence-corrected chi connectivity index (χ1v) is 8.18. The molecule has 0 bridgehead atoms. The molecule has 0 amide bonds. The van der Waals surface area contributed by atoms with Crippen molar-refractivity contribution in [3.63, 3.8) is 0 Å². The van der Waals surface area contributed by atoms with Gasteiger partial charge in [0.1, 0.15) is 5.69 Å². The highest BCUT2D eigenvalue weighted by Gasteiger charge is 2.17. The summed E-state index contributed by atoms with van der Waals surface area (Å²) in [5.41, 5.74) is 8.20. The maximum absolute atomic E-state index is 5.86. The maximum Gasteiger partial charge on any atom is 0.276 e. The number of nitrogens with zero attached hydrogens (tertiary/aromatic N) is 7. The van der Waals surface area contributed by atoms with Gasteiger partial charge in [0.05, 0.1) is 0 Å². The van der Waals surface area contributed by atoms with Crippen molar-refractivity contribution in [1.82, 2.24) is 30.1 Å². The minimum absolute atomic E-state index is 0.0674. The van der Waals surface area contributed by atoms with Crippen LogP contribution in [0.2, 0.25) is 0 Å². The van der Waals surface area contributed by atoms with Crippen molar-refractivity contribution in [2.45, 2.75) is 6.92 Å². The molecule has 0 aliphatic rings. The Morgan fingerprint density at radius 1 is 0.852 bits per heavy atom. The van der Waals surface area contributed by atoms with Gasteiger partial charge < -0.3 is 15.2 Å². The van der Waals surface area contributed by atoms with E-state index in [0.717, 1.165) is 11.4 Å². The topological polar surface area (TPSA) is 120 Å². The third kappa shape index (κ3) is 3.43. The average Bonchev–Trinajstić information content (AvgIpc) is 3.18. The zero-order valence-electron chi connectivity index (χ0n) is 14.7. The van der Waals surface area contributed by atoms with Gasteiger partial charge in [0.25, 0.3) is 5.89 Å². The van der Waals surface area contributed by atoms with Crippen LogP contribution in [-0.2, 0) is 0 Å². The summed E-state index contributed by atoms with van der Waals surface area (Å²) >= 11 is 0. The molecular formula is C18H16N8O. The molecule has 3 heterocycles. The van der Waals surface area contributed by atoms with E-state index in [2.05, 4.69) is 30.1 Å². The molecule has 0 aliphatic carbocycles. The van der Waals surface area contributed by atoms with Crippen molar-refractivity contribution in [2.24, 2.45) is 0 Å². The van der Waals surface area contributed by atoms with Crippen molar-refractivity contribution in [1.29, 1.82) is 0 Å². The van der Waals surface area contributed by atoms with Crippen molar-refractivity contribution < 1.29 is 4.52 Å². The average molecular weight is 360 g/mol. The lowest BCUT2D eigenvalue weighted by Gasteiger charge is -2.17. The first kappa shape index (κ1) is 16.6. The van der Waals surface area contributed by atoms with E-state index in [1.54, 1.807) is 11.0 Å². The van der Waals surface area contributed by atoms with Crippen molar-refractivity contribution in [3.05, 3.63) is 54.2 Å². The van der Waals surface area contributed by atoms with Crippen LogP contribution in [-0.4, -0.2) is 37.1 Å². The Morgan fingerprint density at radius 3 is 2.44 bits per heavy atom. The Bertz CT molecular complexity index is 1080. The smallest absolute Gasteiger partial charge is 0.276 e. The lowest BCUT2D eigenvalue weighted by atomic mass is 10.3. The molecule has 27 heavy (non-hydrogen) atoms. The van der Waals surface area contributed by atoms with Crippen LogP contribution in [0.5, 0.6) is 0 Å². The van der Waals surface area contributed by atoms with E-state index in [4.69, 9.17) is 10.3 Å². The van der Waals surface area contributed by atoms with Gasteiger partial charge in [-0.3, -0.25) is 0 Å². The summed E-state index contributed by atoms with van der Waals surface area (Å²) < 4.78 is 5.31. The van der Waals surface area contributed by atoms with Gasteiger partial charge in [0.2, 0.25) is 23.5 Å². The molecule has 9 heteroatoms. The van der Waals surface area contributed by atoms with Crippen LogP contribution in [0.25, 0.3) is 23.2 Å². The van der Waals surface area contributed by atoms with Crippen molar-refractivity contribution in [2.75, 3.05) is 17.7 Å². The summed E-state index contributed by atoms with van der Waals surface area (Å²) in [5, 5.41) is 3.95. The molecule has 4 rings (SSSR count). The number of para-hydroxylation sites is 1. The number of hydrogen-bond donors (Lipinski definition) is 1.